The van der Waals surface area contributed by atoms with Crippen LogP contribution in [0.3, 0.4) is 0 Å². The Balaban J connectivity index is 2.04. The third-order valence-electron chi connectivity index (χ3n) is 5.02. The van der Waals surface area contributed by atoms with E-state index >= 15 is 0 Å². The van der Waals surface area contributed by atoms with Gasteiger partial charge in [-0.15, -0.1) is 0 Å². The van der Waals surface area contributed by atoms with Crippen LogP contribution in [0, 0.1) is 0 Å². The molecule has 0 radical (unpaired) electrons. The van der Waals surface area contributed by atoms with Gasteiger partial charge in [0.15, 0.2) is 0 Å². The molecule has 0 heterocycles. The third kappa shape index (κ3) is 8.29. The summed E-state index contributed by atoms with van der Waals surface area (Å²) in [4.78, 5) is 27.7. The first-order valence-corrected chi connectivity index (χ1v) is 12.1. The number of ether oxygens (including phenoxy) is 1. The molecular weight excluding hydrogens is 408 g/mol. The van der Waals surface area contributed by atoms with E-state index in [0.29, 0.717) is 25.9 Å². The third-order valence-corrected chi connectivity index (χ3v) is 6.05. The number of thioether (sulfide) groups is 1. The van der Waals surface area contributed by atoms with Crippen LogP contribution >= 0.6 is 11.8 Å². The van der Waals surface area contributed by atoms with Gasteiger partial charge in [-0.3, -0.25) is 9.59 Å². The minimum Gasteiger partial charge on any atom is -0.497 e. The summed E-state index contributed by atoms with van der Waals surface area (Å²) in [6.07, 6.45) is 1.85. The van der Waals surface area contributed by atoms with Crippen molar-refractivity contribution in [2.75, 3.05) is 19.4 Å². The summed E-state index contributed by atoms with van der Waals surface area (Å²) in [6, 6.07) is 17.4. The van der Waals surface area contributed by atoms with Gasteiger partial charge in [0.25, 0.3) is 0 Å². The van der Waals surface area contributed by atoms with Crippen molar-refractivity contribution < 1.29 is 14.3 Å². The lowest BCUT2D eigenvalue weighted by molar-refractivity contribution is -0.141. The van der Waals surface area contributed by atoms with E-state index in [1.54, 1.807) is 23.8 Å². The fourth-order valence-corrected chi connectivity index (χ4v) is 4.17. The van der Waals surface area contributed by atoms with Crippen molar-refractivity contribution in [2.24, 2.45) is 0 Å². The molecule has 0 unspecified atom stereocenters. The maximum Gasteiger partial charge on any atom is 0.242 e. The Hall–Kier alpha value is -2.47. The summed E-state index contributed by atoms with van der Waals surface area (Å²) >= 11 is 1.74. The Labute approximate surface area is 190 Å². The second kappa shape index (κ2) is 13.8. The highest BCUT2D eigenvalue weighted by molar-refractivity contribution is 7.98. The first-order valence-electron chi connectivity index (χ1n) is 10.9. The normalized spacial score (nSPS) is 11.6. The van der Waals surface area contributed by atoms with Gasteiger partial charge in [0.2, 0.25) is 11.8 Å². The molecular formula is C25H34N2O3S. The lowest BCUT2D eigenvalue weighted by Crippen LogP contribution is -2.49. The molecule has 1 atom stereocenters. The first-order chi connectivity index (χ1) is 15.1. The molecule has 31 heavy (non-hydrogen) atoms. The number of nitrogens with one attached hydrogen (secondary N) is 1. The molecule has 0 fully saturated rings. The number of methoxy groups -OCH3 is 1. The van der Waals surface area contributed by atoms with Crippen molar-refractivity contribution in [3.63, 3.8) is 0 Å². The fraction of sp³-hybridized carbons (Fsp3) is 0.440. The van der Waals surface area contributed by atoms with Gasteiger partial charge < -0.3 is 15.0 Å². The molecule has 5 nitrogen and oxygen atoms in total. The Bertz CT molecular complexity index is 796. The summed E-state index contributed by atoms with van der Waals surface area (Å²) in [6.45, 7) is 5.00. The number of carbonyl (C=O) groups excluding carboxylic acids is 2. The van der Waals surface area contributed by atoms with E-state index in [1.165, 1.54) is 5.56 Å². The van der Waals surface area contributed by atoms with Crippen LogP contribution in [0.25, 0.3) is 0 Å². The Morgan fingerprint density at radius 1 is 1.03 bits per heavy atom. The zero-order valence-electron chi connectivity index (χ0n) is 18.8. The van der Waals surface area contributed by atoms with Crippen molar-refractivity contribution in [2.45, 2.75) is 51.4 Å². The van der Waals surface area contributed by atoms with E-state index in [1.807, 2.05) is 56.3 Å². The molecule has 2 amide bonds. The molecule has 2 aromatic carbocycles. The molecule has 0 spiro atoms. The van der Waals surface area contributed by atoms with E-state index in [9.17, 15) is 9.59 Å². The van der Waals surface area contributed by atoms with Gasteiger partial charge in [0.1, 0.15) is 11.8 Å². The highest BCUT2D eigenvalue weighted by Gasteiger charge is 2.28. The predicted molar refractivity (Wildman–Crippen MR) is 128 cm³/mol. The van der Waals surface area contributed by atoms with E-state index < -0.39 is 6.04 Å². The summed E-state index contributed by atoms with van der Waals surface area (Å²) in [5.74, 6) is 2.30. The average molecular weight is 443 g/mol. The summed E-state index contributed by atoms with van der Waals surface area (Å²) < 4.78 is 5.23. The molecule has 0 saturated heterocycles. The zero-order chi connectivity index (χ0) is 22.5. The quantitative estimate of drug-likeness (QED) is 0.459. The molecule has 6 heteroatoms. The van der Waals surface area contributed by atoms with Crippen molar-refractivity contribution >= 4 is 23.6 Å². The van der Waals surface area contributed by atoms with E-state index in [0.717, 1.165) is 29.2 Å². The van der Waals surface area contributed by atoms with Crippen LogP contribution in [0.4, 0.5) is 0 Å². The van der Waals surface area contributed by atoms with Crippen LogP contribution in [0.2, 0.25) is 0 Å². The second-order valence-electron chi connectivity index (χ2n) is 7.37. The lowest BCUT2D eigenvalue weighted by Gasteiger charge is -2.30. The average Bonchev–Trinajstić information content (AvgIpc) is 2.81. The number of hydrogen-bond donors (Lipinski definition) is 1. The Morgan fingerprint density at radius 3 is 2.35 bits per heavy atom. The van der Waals surface area contributed by atoms with Crippen LogP contribution in [-0.2, 0) is 21.9 Å². The van der Waals surface area contributed by atoms with Gasteiger partial charge in [-0.1, -0.05) is 56.3 Å². The summed E-state index contributed by atoms with van der Waals surface area (Å²) in [7, 11) is 1.63. The number of nitrogens with zero attached hydrogens (tertiary/aromatic N) is 1. The SMILES string of the molecule is CCCNC(=O)[C@@H](CC)N(Cc1ccc(OC)cc1)C(=O)CCSCc1ccccc1. The molecule has 0 aliphatic heterocycles. The van der Waals surface area contributed by atoms with Crippen molar-refractivity contribution in [3.05, 3.63) is 65.7 Å². The molecule has 168 valence electrons. The predicted octanol–water partition coefficient (Wildman–Crippen LogP) is 4.65. The van der Waals surface area contributed by atoms with E-state index in [-0.39, 0.29) is 11.8 Å². The lowest BCUT2D eigenvalue weighted by atomic mass is 10.1. The molecule has 2 aromatic rings. The molecule has 0 aliphatic carbocycles. The van der Waals surface area contributed by atoms with E-state index in [4.69, 9.17) is 4.74 Å². The van der Waals surface area contributed by atoms with Crippen LogP contribution in [0.15, 0.2) is 54.6 Å². The van der Waals surface area contributed by atoms with Crippen molar-refractivity contribution in [3.8, 4) is 5.75 Å². The highest BCUT2D eigenvalue weighted by atomic mass is 32.2. The summed E-state index contributed by atoms with van der Waals surface area (Å²) in [5.41, 5.74) is 2.23. The Kier molecular flexibility index (Phi) is 11.0. The number of amides is 2. The number of rotatable bonds is 13. The topological polar surface area (TPSA) is 58.6 Å². The second-order valence-corrected chi connectivity index (χ2v) is 8.48. The molecule has 2 rings (SSSR count). The minimum absolute atomic E-state index is 0.00915. The van der Waals surface area contributed by atoms with Gasteiger partial charge in [-0.05, 0) is 36.1 Å². The minimum atomic E-state index is -0.472. The zero-order valence-corrected chi connectivity index (χ0v) is 19.6. The Morgan fingerprint density at radius 2 is 1.74 bits per heavy atom. The van der Waals surface area contributed by atoms with Gasteiger partial charge in [-0.2, -0.15) is 11.8 Å². The molecule has 0 bridgehead atoms. The monoisotopic (exact) mass is 442 g/mol. The van der Waals surface area contributed by atoms with Gasteiger partial charge in [0.05, 0.1) is 7.11 Å². The maximum absolute atomic E-state index is 13.2. The number of carbonyl (C=O) groups is 2. The molecule has 1 N–H and O–H groups in total. The number of hydrogen-bond acceptors (Lipinski definition) is 4. The van der Waals surface area contributed by atoms with Crippen LogP contribution < -0.4 is 10.1 Å². The standard InChI is InChI=1S/C25H34N2O3S/c1-4-16-26-25(29)23(5-2)27(18-20-11-13-22(30-3)14-12-20)24(28)15-17-31-19-21-9-7-6-8-10-21/h6-14,23H,4-5,15-19H2,1-3H3,(H,26,29)/t23-/m1/s1. The number of benzene rings is 2. The largest absolute Gasteiger partial charge is 0.497 e. The van der Waals surface area contributed by atoms with Gasteiger partial charge in [0, 0.05) is 31.0 Å². The van der Waals surface area contributed by atoms with Gasteiger partial charge in [-0.25, -0.2) is 0 Å². The van der Waals surface area contributed by atoms with Crippen LogP contribution in [0.5, 0.6) is 5.75 Å². The fourth-order valence-electron chi connectivity index (χ4n) is 3.28. The maximum atomic E-state index is 13.2. The first kappa shape index (κ1) is 24.8. The van der Waals surface area contributed by atoms with Crippen LogP contribution in [-0.4, -0.2) is 42.2 Å². The van der Waals surface area contributed by atoms with Crippen molar-refractivity contribution in [1.29, 1.82) is 0 Å². The molecule has 0 saturated carbocycles. The van der Waals surface area contributed by atoms with E-state index in [2.05, 4.69) is 17.4 Å². The smallest absolute Gasteiger partial charge is 0.242 e. The van der Waals surface area contributed by atoms with Crippen LogP contribution in [0.1, 0.15) is 44.2 Å². The summed E-state index contributed by atoms with van der Waals surface area (Å²) in [5, 5.41) is 2.95. The molecule has 0 aromatic heterocycles. The van der Waals surface area contributed by atoms with Crippen molar-refractivity contribution in [1.82, 2.24) is 10.2 Å². The van der Waals surface area contributed by atoms with Gasteiger partial charge >= 0.3 is 0 Å². The highest BCUT2D eigenvalue weighted by Crippen LogP contribution is 2.19. The molecule has 0 aliphatic rings.